The molecule has 2 heterocycles. The van der Waals surface area contributed by atoms with Crippen LogP contribution >= 0.6 is 0 Å². The van der Waals surface area contributed by atoms with Crippen molar-refractivity contribution >= 4 is 5.97 Å². The molecule has 2 aliphatic heterocycles. The highest BCUT2D eigenvalue weighted by Gasteiger charge is 2.37. The summed E-state index contributed by atoms with van der Waals surface area (Å²) in [5, 5.41) is 0. The first-order valence-corrected chi connectivity index (χ1v) is 4.75. The minimum absolute atomic E-state index is 0.0453. The second-order valence-corrected chi connectivity index (χ2v) is 3.42. The van der Waals surface area contributed by atoms with Gasteiger partial charge < -0.3 is 18.9 Å². The lowest BCUT2D eigenvalue weighted by molar-refractivity contribution is -0.241. The van der Waals surface area contributed by atoms with E-state index in [4.69, 9.17) is 14.2 Å². The lowest BCUT2D eigenvalue weighted by Crippen LogP contribution is -2.41. The van der Waals surface area contributed by atoms with E-state index in [2.05, 4.69) is 4.74 Å². The van der Waals surface area contributed by atoms with Crippen LogP contribution in [0, 0.1) is 0 Å². The number of carbonyl (C=O) groups excluding carboxylic acids is 1. The summed E-state index contributed by atoms with van der Waals surface area (Å²) in [6.45, 7) is 1.22. The van der Waals surface area contributed by atoms with Crippen molar-refractivity contribution in [2.75, 3.05) is 20.3 Å². The van der Waals surface area contributed by atoms with E-state index in [0.717, 1.165) is 6.42 Å². The van der Waals surface area contributed by atoms with E-state index >= 15 is 0 Å². The molecular weight excluding hydrogens is 188 g/mol. The molecule has 0 aliphatic carbocycles. The predicted octanol–water partition coefficient (Wildman–Crippen LogP) is 0.0799. The van der Waals surface area contributed by atoms with Crippen LogP contribution in [-0.4, -0.2) is 44.8 Å². The van der Waals surface area contributed by atoms with Gasteiger partial charge >= 0.3 is 5.97 Å². The third-order valence-electron chi connectivity index (χ3n) is 2.48. The molecule has 5 heteroatoms. The third kappa shape index (κ3) is 2.05. The second kappa shape index (κ2) is 4.25. The zero-order chi connectivity index (χ0) is 9.97. The van der Waals surface area contributed by atoms with Crippen molar-refractivity contribution in [3.63, 3.8) is 0 Å². The highest BCUT2D eigenvalue weighted by Crippen LogP contribution is 2.25. The van der Waals surface area contributed by atoms with E-state index in [1.54, 1.807) is 0 Å². The van der Waals surface area contributed by atoms with E-state index in [0.29, 0.717) is 13.2 Å². The summed E-state index contributed by atoms with van der Waals surface area (Å²) in [6, 6.07) is 0. The van der Waals surface area contributed by atoms with Gasteiger partial charge in [0.25, 0.3) is 0 Å². The Morgan fingerprint density at radius 3 is 3.07 bits per heavy atom. The Balaban J connectivity index is 1.82. The van der Waals surface area contributed by atoms with Gasteiger partial charge in [0.1, 0.15) is 6.10 Å². The second-order valence-electron chi connectivity index (χ2n) is 3.42. The van der Waals surface area contributed by atoms with Crippen LogP contribution in [0.25, 0.3) is 0 Å². The maximum absolute atomic E-state index is 11.0. The van der Waals surface area contributed by atoms with Gasteiger partial charge in [-0.25, -0.2) is 0 Å². The monoisotopic (exact) mass is 202 g/mol. The van der Waals surface area contributed by atoms with Crippen LogP contribution in [0.2, 0.25) is 0 Å². The summed E-state index contributed by atoms with van der Waals surface area (Å²) >= 11 is 0. The number of rotatable bonds is 2. The van der Waals surface area contributed by atoms with Gasteiger partial charge in [0, 0.05) is 6.61 Å². The molecule has 2 rings (SSSR count). The van der Waals surface area contributed by atoms with Crippen LogP contribution in [0.3, 0.4) is 0 Å². The maximum atomic E-state index is 11.0. The maximum Gasteiger partial charge on any atom is 0.310 e. The smallest absolute Gasteiger partial charge is 0.310 e. The Kier molecular flexibility index (Phi) is 3.00. The van der Waals surface area contributed by atoms with Crippen LogP contribution in [0.4, 0.5) is 0 Å². The highest BCUT2D eigenvalue weighted by molar-refractivity contribution is 5.69. The summed E-state index contributed by atoms with van der Waals surface area (Å²) in [5.41, 5.74) is 0. The van der Waals surface area contributed by atoms with Crippen LogP contribution in [0.15, 0.2) is 0 Å². The number of methoxy groups -OCH3 is 1. The van der Waals surface area contributed by atoms with Gasteiger partial charge in [0.2, 0.25) is 0 Å². The number of fused-ring (bicyclic) bond motifs is 1. The summed E-state index contributed by atoms with van der Waals surface area (Å²) < 4.78 is 20.8. The van der Waals surface area contributed by atoms with Crippen molar-refractivity contribution in [1.29, 1.82) is 0 Å². The lowest BCUT2D eigenvalue weighted by Gasteiger charge is -2.30. The molecule has 14 heavy (non-hydrogen) atoms. The van der Waals surface area contributed by atoms with Crippen molar-refractivity contribution in [3.05, 3.63) is 0 Å². The molecule has 0 saturated carbocycles. The number of hydrogen-bond donors (Lipinski definition) is 0. The Morgan fingerprint density at radius 1 is 1.43 bits per heavy atom. The van der Waals surface area contributed by atoms with Gasteiger partial charge in [-0.05, 0) is 6.42 Å². The molecule has 0 bridgehead atoms. The summed E-state index contributed by atoms with van der Waals surface area (Å²) in [6.07, 6.45) is 0.693. The fraction of sp³-hybridized carbons (Fsp3) is 0.889. The topological polar surface area (TPSA) is 54.0 Å². The summed E-state index contributed by atoms with van der Waals surface area (Å²) in [7, 11) is 1.35. The molecule has 2 aliphatic rings. The predicted molar refractivity (Wildman–Crippen MR) is 45.6 cm³/mol. The van der Waals surface area contributed by atoms with Gasteiger partial charge in [-0.3, -0.25) is 4.79 Å². The summed E-state index contributed by atoms with van der Waals surface area (Å²) in [5.74, 6) is -0.313. The Morgan fingerprint density at radius 2 is 2.29 bits per heavy atom. The highest BCUT2D eigenvalue weighted by atomic mass is 16.7. The van der Waals surface area contributed by atoms with Crippen LogP contribution in [0.1, 0.15) is 12.8 Å². The van der Waals surface area contributed by atoms with E-state index in [-0.39, 0.29) is 24.6 Å². The molecule has 0 amide bonds. The van der Waals surface area contributed by atoms with Crippen molar-refractivity contribution in [2.45, 2.75) is 31.3 Å². The molecule has 80 valence electrons. The van der Waals surface area contributed by atoms with Crippen LogP contribution in [-0.2, 0) is 23.7 Å². The summed E-state index contributed by atoms with van der Waals surface area (Å²) in [4.78, 5) is 11.0. The first kappa shape index (κ1) is 9.89. The van der Waals surface area contributed by atoms with E-state index < -0.39 is 6.29 Å². The standard InChI is InChI=1S/C9H14O5/c1-11-8(10)4-9-13-5-7-6(14-9)2-3-12-7/h6-7,9H,2-5H2,1H3. The first-order valence-electron chi connectivity index (χ1n) is 4.75. The molecule has 0 radical (unpaired) electrons. The van der Waals surface area contributed by atoms with Crippen LogP contribution < -0.4 is 0 Å². The molecule has 0 aromatic carbocycles. The van der Waals surface area contributed by atoms with E-state index in [1.807, 2.05) is 0 Å². The van der Waals surface area contributed by atoms with Crippen molar-refractivity contribution in [3.8, 4) is 0 Å². The van der Waals surface area contributed by atoms with Gasteiger partial charge in [0.15, 0.2) is 6.29 Å². The Labute approximate surface area is 82.3 Å². The molecule has 3 unspecified atom stereocenters. The van der Waals surface area contributed by atoms with Gasteiger partial charge in [-0.1, -0.05) is 0 Å². The molecule has 0 aromatic heterocycles. The lowest BCUT2D eigenvalue weighted by atomic mass is 10.2. The third-order valence-corrected chi connectivity index (χ3v) is 2.48. The molecule has 5 nitrogen and oxygen atoms in total. The fourth-order valence-electron chi connectivity index (χ4n) is 1.70. The zero-order valence-electron chi connectivity index (χ0n) is 8.10. The number of esters is 1. The zero-order valence-corrected chi connectivity index (χ0v) is 8.10. The van der Waals surface area contributed by atoms with Crippen molar-refractivity contribution in [2.24, 2.45) is 0 Å². The molecule has 3 atom stereocenters. The molecule has 2 saturated heterocycles. The Bertz CT molecular complexity index is 217. The first-order chi connectivity index (χ1) is 6.79. The molecule has 0 spiro atoms. The Hall–Kier alpha value is -0.650. The van der Waals surface area contributed by atoms with Crippen molar-refractivity contribution < 1.29 is 23.7 Å². The number of ether oxygens (including phenoxy) is 4. The molecular formula is C9H14O5. The minimum atomic E-state index is -0.467. The molecule has 2 fully saturated rings. The largest absolute Gasteiger partial charge is 0.469 e. The van der Waals surface area contributed by atoms with Crippen molar-refractivity contribution in [1.82, 2.24) is 0 Å². The average molecular weight is 202 g/mol. The number of hydrogen-bond acceptors (Lipinski definition) is 5. The van der Waals surface area contributed by atoms with E-state index in [1.165, 1.54) is 7.11 Å². The number of carbonyl (C=O) groups is 1. The van der Waals surface area contributed by atoms with Gasteiger partial charge in [0.05, 0.1) is 26.2 Å². The normalized spacial score (nSPS) is 36.5. The van der Waals surface area contributed by atoms with Gasteiger partial charge in [-0.15, -0.1) is 0 Å². The SMILES string of the molecule is COC(=O)CC1OCC2OCCC2O1. The minimum Gasteiger partial charge on any atom is -0.469 e. The van der Waals surface area contributed by atoms with Gasteiger partial charge in [-0.2, -0.15) is 0 Å². The fourth-order valence-corrected chi connectivity index (χ4v) is 1.70. The average Bonchev–Trinajstić information content (AvgIpc) is 2.64. The molecule has 0 aromatic rings. The quantitative estimate of drug-likeness (QED) is 0.593. The van der Waals surface area contributed by atoms with E-state index in [9.17, 15) is 4.79 Å². The van der Waals surface area contributed by atoms with Crippen LogP contribution in [0.5, 0.6) is 0 Å². The molecule has 0 N–H and O–H groups in total.